The molecule has 0 saturated carbocycles. The quantitative estimate of drug-likeness (QED) is 0.745. The van der Waals surface area contributed by atoms with E-state index < -0.39 is 0 Å². The lowest BCUT2D eigenvalue weighted by Crippen LogP contribution is -2.14. The fourth-order valence-electron chi connectivity index (χ4n) is 3.30. The van der Waals surface area contributed by atoms with Crippen LogP contribution in [-0.2, 0) is 19.3 Å². The number of rotatable bonds is 3. The van der Waals surface area contributed by atoms with Crippen LogP contribution in [-0.4, -0.2) is 19.7 Å². The van der Waals surface area contributed by atoms with Gasteiger partial charge in [0.15, 0.2) is 0 Å². The molecule has 0 bridgehead atoms. The molecular formula is C17H18N4S. The maximum Gasteiger partial charge on any atom is 0.138 e. The fraction of sp³-hybridized carbons (Fsp3) is 0.353. The Labute approximate surface area is 133 Å². The summed E-state index contributed by atoms with van der Waals surface area (Å²) >= 11 is 1.76. The highest BCUT2D eigenvalue weighted by molar-refractivity contribution is 7.11. The smallest absolute Gasteiger partial charge is 0.138 e. The second kappa shape index (κ2) is 5.32. The van der Waals surface area contributed by atoms with Crippen molar-refractivity contribution in [3.63, 3.8) is 0 Å². The van der Waals surface area contributed by atoms with Crippen LogP contribution >= 0.6 is 11.3 Å². The van der Waals surface area contributed by atoms with Gasteiger partial charge >= 0.3 is 0 Å². The molecule has 0 fully saturated rings. The third-order valence-corrected chi connectivity index (χ3v) is 5.41. The number of hydrogen-bond acceptors (Lipinski definition) is 4. The van der Waals surface area contributed by atoms with E-state index in [2.05, 4.69) is 57.9 Å². The van der Waals surface area contributed by atoms with E-state index in [0.29, 0.717) is 6.04 Å². The zero-order chi connectivity index (χ0) is 15.1. The van der Waals surface area contributed by atoms with Gasteiger partial charge in [-0.1, -0.05) is 24.3 Å². The van der Waals surface area contributed by atoms with Crippen molar-refractivity contribution in [1.29, 1.82) is 0 Å². The molecule has 1 aliphatic carbocycles. The first-order valence-corrected chi connectivity index (χ1v) is 8.40. The Morgan fingerprint density at radius 1 is 1.18 bits per heavy atom. The van der Waals surface area contributed by atoms with Crippen molar-refractivity contribution in [3.8, 4) is 0 Å². The van der Waals surface area contributed by atoms with Crippen LogP contribution in [0.15, 0.2) is 30.6 Å². The summed E-state index contributed by atoms with van der Waals surface area (Å²) in [5.41, 5.74) is 4.00. The summed E-state index contributed by atoms with van der Waals surface area (Å²) in [5, 5.41) is 5.62. The normalized spacial score (nSPS) is 14.5. The first kappa shape index (κ1) is 13.6. The Morgan fingerprint density at radius 2 is 1.91 bits per heavy atom. The summed E-state index contributed by atoms with van der Waals surface area (Å²) in [5.74, 6) is 1.05. The third kappa shape index (κ3) is 2.35. The van der Waals surface area contributed by atoms with Gasteiger partial charge in [-0.2, -0.15) is 5.10 Å². The van der Waals surface area contributed by atoms with Crippen molar-refractivity contribution in [3.05, 3.63) is 63.1 Å². The third-order valence-electron chi connectivity index (χ3n) is 4.34. The van der Waals surface area contributed by atoms with Crippen molar-refractivity contribution in [2.75, 3.05) is 0 Å². The van der Waals surface area contributed by atoms with Gasteiger partial charge in [0.1, 0.15) is 12.2 Å². The number of thiazole rings is 1. The lowest BCUT2D eigenvalue weighted by Gasteiger charge is -2.12. The van der Waals surface area contributed by atoms with Gasteiger partial charge in [-0.15, -0.1) is 11.3 Å². The van der Waals surface area contributed by atoms with E-state index in [1.54, 1.807) is 17.7 Å². The molecule has 112 valence electrons. The topological polar surface area (TPSA) is 43.6 Å². The standard InChI is InChI=1S/C17H18N4S/c1-11-16(22-12(2)20-11)9-17-18-10-19-21(17)15-7-13-5-3-4-6-14(13)8-15/h3-6,10,15H,7-9H2,1-2H3. The summed E-state index contributed by atoms with van der Waals surface area (Å²) in [4.78, 5) is 10.3. The largest absolute Gasteiger partial charge is 0.247 e. The average Bonchev–Trinajstić information content (AvgIpc) is 3.18. The molecule has 4 nitrogen and oxygen atoms in total. The van der Waals surface area contributed by atoms with E-state index in [9.17, 15) is 0 Å². The van der Waals surface area contributed by atoms with E-state index in [4.69, 9.17) is 0 Å². The molecule has 0 saturated heterocycles. The Bertz CT molecular complexity index is 793. The molecule has 1 aromatic carbocycles. The summed E-state index contributed by atoms with van der Waals surface area (Å²) < 4.78 is 2.12. The van der Waals surface area contributed by atoms with E-state index in [-0.39, 0.29) is 0 Å². The Morgan fingerprint density at radius 3 is 2.55 bits per heavy atom. The van der Waals surface area contributed by atoms with Crippen LogP contribution in [0, 0.1) is 13.8 Å². The van der Waals surface area contributed by atoms with Gasteiger partial charge in [-0.05, 0) is 37.8 Å². The van der Waals surface area contributed by atoms with Gasteiger partial charge in [0, 0.05) is 11.3 Å². The van der Waals surface area contributed by atoms with Gasteiger partial charge in [0.25, 0.3) is 0 Å². The zero-order valence-corrected chi connectivity index (χ0v) is 13.6. The number of aromatic nitrogens is 4. The van der Waals surface area contributed by atoms with Crippen LogP contribution in [0.1, 0.15) is 38.6 Å². The van der Waals surface area contributed by atoms with Gasteiger partial charge in [-0.3, -0.25) is 0 Å². The molecule has 2 heterocycles. The summed E-state index contributed by atoms with van der Waals surface area (Å²) in [6.45, 7) is 4.13. The van der Waals surface area contributed by atoms with E-state index >= 15 is 0 Å². The molecule has 0 amide bonds. The highest BCUT2D eigenvalue weighted by Crippen LogP contribution is 2.31. The van der Waals surface area contributed by atoms with Gasteiger partial charge < -0.3 is 0 Å². The minimum atomic E-state index is 0.393. The summed E-state index contributed by atoms with van der Waals surface area (Å²) in [7, 11) is 0. The number of fused-ring (bicyclic) bond motifs is 1. The SMILES string of the molecule is Cc1nc(C)c(Cc2ncnn2C2Cc3ccccc3C2)s1. The first-order chi connectivity index (χ1) is 10.7. The maximum atomic E-state index is 4.51. The zero-order valence-electron chi connectivity index (χ0n) is 12.8. The van der Waals surface area contributed by atoms with Crippen molar-refractivity contribution in [2.24, 2.45) is 0 Å². The lowest BCUT2D eigenvalue weighted by atomic mass is 10.1. The maximum absolute atomic E-state index is 4.51. The van der Waals surface area contributed by atoms with Crippen molar-refractivity contribution < 1.29 is 0 Å². The van der Waals surface area contributed by atoms with Crippen molar-refractivity contribution >= 4 is 11.3 Å². The van der Waals surface area contributed by atoms with Gasteiger partial charge in [0.05, 0.1) is 16.7 Å². The van der Waals surface area contributed by atoms with Crippen LogP contribution in [0.2, 0.25) is 0 Å². The minimum absolute atomic E-state index is 0.393. The first-order valence-electron chi connectivity index (χ1n) is 7.59. The molecular weight excluding hydrogens is 292 g/mol. The molecule has 3 aromatic rings. The molecule has 2 aromatic heterocycles. The molecule has 22 heavy (non-hydrogen) atoms. The van der Waals surface area contributed by atoms with Crippen molar-refractivity contribution in [1.82, 2.24) is 19.7 Å². The van der Waals surface area contributed by atoms with Gasteiger partial charge in [0.2, 0.25) is 0 Å². The predicted molar refractivity (Wildman–Crippen MR) is 87.3 cm³/mol. The minimum Gasteiger partial charge on any atom is -0.247 e. The molecule has 0 atom stereocenters. The van der Waals surface area contributed by atoms with E-state index in [0.717, 1.165) is 35.8 Å². The highest BCUT2D eigenvalue weighted by Gasteiger charge is 2.25. The molecule has 1 aliphatic rings. The number of hydrogen-bond donors (Lipinski definition) is 0. The second-order valence-electron chi connectivity index (χ2n) is 5.87. The Hall–Kier alpha value is -2.01. The number of aryl methyl sites for hydroxylation is 2. The highest BCUT2D eigenvalue weighted by atomic mass is 32.1. The number of nitrogens with zero attached hydrogens (tertiary/aromatic N) is 4. The fourth-order valence-corrected chi connectivity index (χ4v) is 4.23. The molecule has 0 aliphatic heterocycles. The Balaban J connectivity index is 1.60. The second-order valence-corrected chi connectivity index (χ2v) is 7.16. The lowest BCUT2D eigenvalue weighted by molar-refractivity contribution is 0.458. The number of benzene rings is 1. The van der Waals surface area contributed by atoms with E-state index in [1.807, 2.05) is 0 Å². The van der Waals surface area contributed by atoms with E-state index in [1.165, 1.54) is 16.0 Å². The molecule has 0 N–H and O–H groups in total. The molecule has 4 rings (SSSR count). The average molecular weight is 310 g/mol. The van der Waals surface area contributed by atoms with Crippen LogP contribution in [0.3, 0.4) is 0 Å². The van der Waals surface area contributed by atoms with Crippen molar-refractivity contribution in [2.45, 2.75) is 39.2 Å². The van der Waals surface area contributed by atoms with Crippen LogP contribution in [0.5, 0.6) is 0 Å². The molecule has 0 unspecified atom stereocenters. The van der Waals surface area contributed by atoms with Crippen LogP contribution in [0.25, 0.3) is 0 Å². The van der Waals surface area contributed by atoms with Gasteiger partial charge in [-0.25, -0.2) is 14.6 Å². The molecule has 0 spiro atoms. The molecule has 0 radical (unpaired) electrons. The molecule has 5 heteroatoms. The predicted octanol–water partition coefficient (Wildman–Crippen LogP) is 3.28. The van der Waals surface area contributed by atoms with Crippen LogP contribution < -0.4 is 0 Å². The Kier molecular flexibility index (Phi) is 3.30. The summed E-state index contributed by atoms with van der Waals surface area (Å²) in [6.07, 6.45) is 4.60. The summed E-state index contributed by atoms with van der Waals surface area (Å²) in [6, 6.07) is 9.08. The van der Waals surface area contributed by atoms with Crippen LogP contribution in [0.4, 0.5) is 0 Å². The monoisotopic (exact) mass is 310 g/mol.